The lowest BCUT2D eigenvalue weighted by molar-refractivity contribution is -0.155. The molecule has 0 aromatic heterocycles. The van der Waals surface area contributed by atoms with Crippen LogP contribution >= 0.6 is 0 Å². The summed E-state index contributed by atoms with van der Waals surface area (Å²) in [5, 5.41) is 9.61. The first-order valence-corrected chi connectivity index (χ1v) is 12.7. The summed E-state index contributed by atoms with van der Waals surface area (Å²) in [6.07, 6.45) is 5.40. The number of esters is 1. The monoisotopic (exact) mass is 498 g/mol. The number of carbonyl (C=O) groups excluding carboxylic acids is 1. The van der Waals surface area contributed by atoms with Crippen molar-refractivity contribution in [3.8, 4) is 11.5 Å². The van der Waals surface area contributed by atoms with Crippen molar-refractivity contribution in [3.05, 3.63) is 59.2 Å². The summed E-state index contributed by atoms with van der Waals surface area (Å²) >= 11 is 0. The van der Waals surface area contributed by atoms with Gasteiger partial charge in [0.15, 0.2) is 0 Å². The van der Waals surface area contributed by atoms with Gasteiger partial charge in [-0.1, -0.05) is 12.1 Å². The SMILES string of the molecule is COC(=O)C(C)(F)[C@H](c1cccc(OCC2CCC(c3cc(OC)ccc3C(=O)O)CC2)c1)C1CC1. The van der Waals surface area contributed by atoms with E-state index in [-0.39, 0.29) is 11.8 Å². The Hall–Kier alpha value is -3.09. The number of rotatable bonds is 10. The van der Waals surface area contributed by atoms with Crippen molar-refractivity contribution in [1.82, 2.24) is 0 Å². The standard InChI is InChI=1S/C29H35FO6/c1-29(30,28(33)35-3)26(20-11-12-20)21-5-4-6-23(15-21)36-17-18-7-9-19(10-8-18)25-16-22(34-2)13-14-24(25)27(31)32/h4-6,13-16,18-20,26H,7-12,17H2,1-3H3,(H,31,32)/t18?,19?,26-,29?/m0/s1. The maximum atomic E-state index is 15.5. The first kappa shape index (κ1) is 26.0. The van der Waals surface area contributed by atoms with Gasteiger partial charge in [-0.05, 0) is 105 Å². The maximum Gasteiger partial charge on any atom is 0.343 e. The van der Waals surface area contributed by atoms with Gasteiger partial charge in [-0.15, -0.1) is 0 Å². The second-order valence-corrected chi connectivity index (χ2v) is 10.2. The second kappa shape index (κ2) is 10.9. The molecule has 0 spiro atoms. The molecule has 2 aromatic carbocycles. The minimum absolute atomic E-state index is 0.122. The molecule has 0 amide bonds. The highest BCUT2D eigenvalue weighted by molar-refractivity contribution is 5.90. The van der Waals surface area contributed by atoms with Gasteiger partial charge in [-0.2, -0.15) is 0 Å². The maximum absolute atomic E-state index is 15.5. The molecule has 194 valence electrons. The van der Waals surface area contributed by atoms with Crippen molar-refractivity contribution in [2.75, 3.05) is 20.8 Å². The fraction of sp³-hybridized carbons (Fsp3) is 0.517. The third-order valence-corrected chi connectivity index (χ3v) is 7.74. The van der Waals surface area contributed by atoms with E-state index in [1.807, 2.05) is 30.3 Å². The number of carboxylic acids is 1. The number of halogens is 1. The van der Waals surface area contributed by atoms with Gasteiger partial charge in [0, 0.05) is 5.92 Å². The second-order valence-electron chi connectivity index (χ2n) is 10.2. The highest BCUT2D eigenvalue weighted by Crippen LogP contribution is 2.50. The van der Waals surface area contributed by atoms with Crippen molar-refractivity contribution < 1.29 is 33.3 Å². The van der Waals surface area contributed by atoms with E-state index >= 15 is 4.39 Å². The van der Waals surface area contributed by atoms with E-state index < -0.39 is 23.5 Å². The lowest BCUT2D eigenvalue weighted by atomic mass is 9.77. The van der Waals surface area contributed by atoms with E-state index in [4.69, 9.17) is 14.2 Å². The van der Waals surface area contributed by atoms with Gasteiger partial charge >= 0.3 is 11.9 Å². The van der Waals surface area contributed by atoms with Crippen LogP contribution in [0.3, 0.4) is 0 Å². The number of aromatic carboxylic acids is 1. The molecule has 1 N–H and O–H groups in total. The molecule has 0 radical (unpaired) electrons. The Morgan fingerprint density at radius 1 is 1.03 bits per heavy atom. The Bertz CT molecular complexity index is 1080. The van der Waals surface area contributed by atoms with Crippen LogP contribution in [-0.2, 0) is 9.53 Å². The number of benzene rings is 2. The fourth-order valence-corrected chi connectivity index (χ4v) is 5.64. The summed E-state index contributed by atoms with van der Waals surface area (Å²) in [5.41, 5.74) is -0.167. The van der Waals surface area contributed by atoms with E-state index in [2.05, 4.69) is 0 Å². The Balaban J connectivity index is 1.38. The third kappa shape index (κ3) is 5.66. The average Bonchev–Trinajstić information content (AvgIpc) is 3.72. The fourth-order valence-electron chi connectivity index (χ4n) is 5.64. The molecule has 2 aliphatic carbocycles. The Kier molecular flexibility index (Phi) is 7.86. The van der Waals surface area contributed by atoms with Crippen LogP contribution < -0.4 is 9.47 Å². The molecular formula is C29H35FO6. The molecule has 2 atom stereocenters. The molecule has 2 saturated carbocycles. The molecule has 0 aliphatic heterocycles. The molecule has 0 saturated heterocycles. The van der Waals surface area contributed by atoms with Gasteiger partial charge in [0.1, 0.15) is 11.5 Å². The number of hydrogen-bond donors (Lipinski definition) is 1. The lowest BCUT2D eigenvalue weighted by Crippen LogP contribution is -2.39. The first-order chi connectivity index (χ1) is 17.2. The lowest BCUT2D eigenvalue weighted by Gasteiger charge is -2.30. The third-order valence-electron chi connectivity index (χ3n) is 7.74. The van der Waals surface area contributed by atoms with Crippen molar-refractivity contribution in [2.24, 2.45) is 11.8 Å². The van der Waals surface area contributed by atoms with Gasteiger partial charge in [0.25, 0.3) is 0 Å². The zero-order chi connectivity index (χ0) is 25.9. The summed E-state index contributed by atoms with van der Waals surface area (Å²) in [5.74, 6) is -0.339. The van der Waals surface area contributed by atoms with Crippen LogP contribution in [0.25, 0.3) is 0 Å². The topological polar surface area (TPSA) is 82.1 Å². The first-order valence-electron chi connectivity index (χ1n) is 12.7. The predicted octanol–water partition coefficient (Wildman–Crippen LogP) is 6.14. The molecule has 4 rings (SSSR count). The van der Waals surface area contributed by atoms with Crippen molar-refractivity contribution >= 4 is 11.9 Å². The van der Waals surface area contributed by atoms with Crippen molar-refractivity contribution in [2.45, 2.75) is 63.0 Å². The molecule has 1 unspecified atom stereocenters. The molecule has 0 bridgehead atoms. The highest BCUT2D eigenvalue weighted by atomic mass is 19.1. The number of ether oxygens (including phenoxy) is 3. The predicted molar refractivity (Wildman–Crippen MR) is 134 cm³/mol. The summed E-state index contributed by atoms with van der Waals surface area (Å²) in [6.45, 7) is 1.85. The van der Waals surface area contributed by atoms with E-state index in [1.54, 1.807) is 19.2 Å². The van der Waals surface area contributed by atoms with Crippen LogP contribution in [0.5, 0.6) is 11.5 Å². The molecule has 2 fully saturated rings. The Morgan fingerprint density at radius 2 is 1.75 bits per heavy atom. The number of carbonyl (C=O) groups is 2. The smallest absolute Gasteiger partial charge is 0.343 e. The van der Waals surface area contributed by atoms with Crippen LogP contribution in [-0.4, -0.2) is 43.5 Å². The molecule has 2 aliphatic rings. The number of alkyl halides is 1. The van der Waals surface area contributed by atoms with Gasteiger partial charge in [-0.25, -0.2) is 14.0 Å². The zero-order valence-electron chi connectivity index (χ0n) is 21.2. The van der Waals surface area contributed by atoms with E-state index in [9.17, 15) is 14.7 Å². The zero-order valence-corrected chi connectivity index (χ0v) is 21.2. The minimum Gasteiger partial charge on any atom is -0.497 e. The number of carboxylic acid groups (broad SMARTS) is 1. The van der Waals surface area contributed by atoms with Gasteiger partial charge in [0.05, 0.1) is 26.4 Å². The Morgan fingerprint density at radius 3 is 2.36 bits per heavy atom. The molecule has 0 heterocycles. The number of methoxy groups -OCH3 is 2. The van der Waals surface area contributed by atoms with Gasteiger partial charge in [0.2, 0.25) is 5.67 Å². The van der Waals surface area contributed by atoms with Gasteiger partial charge in [-0.3, -0.25) is 0 Å². The number of hydrogen-bond acceptors (Lipinski definition) is 5. The Labute approximate surface area is 211 Å². The van der Waals surface area contributed by atoms with Crippen LogP contribution in [0.15, 0.2) is 42.5 Å². The van der Waals surface area contributed by atoms with Crippen LogP contribution in [0.4, 0.5) is 4.39 Å². The van der Waals surface area contributed by atoms with E-state index in [0.717, 1.165) is 49.7 Å². The van der Waals surface area contributed by atoms with Gasteiger partial charge < -0.3 is 19.3 Å². The van der Waals surface area contributed by atoms with Crippen molar-refractivity contribution in [3.63, 3.8) is 0 Å². The largest absolute Gasteiger partial charge is 0.497 e. The molecule has 36 heavy (non-hydrogen) atoms. The van der Waals surface area contributed by atoms with Crippen LogP contribution in [0.1, 0.15) is 78.8 Å². The van der Waals surface area contributed by atoms with Crippen LogP contribution in [0.2, 0.25) is 0 Å². The quantitative estimate of drug-likeness (QED) is 0.396. The average molecular weight is 499 g/mol. The minimum atomic E-state index is -2.10. The van der Waals surface area contributed by atoms with E-state index in [0.29, 0.717) is 29.6 Å². The molecule has 7 heteroatoms. The van der Waals surface area contributed by atoms with Crippen LogP contribution in [0, 0.1) is 11.8 Å². The summed E-state index contributed by atoms with van der Waals surface area (Å²) in [4.78, 5) is 23.9. The highest BCUT2D eigenvalue weighted by Gasteiger charge is 2.50. The van der Waals surface area contributed by atoms with E-state index in [1.165, 1.54) is 14.0 Å². The summed E-state index contributed by atoms with van der Waals surface area (Å²) < 4.78 is 31.7. The molecule has 6 nitrogen and oxygen atoms in total. The molecule has 2 aromatic rings. The van der Waals surface area contributed by atoms with Crippen molar-refractivity contribution in [1.29, 1.82) is 0 Å². The molecular weight excluding hydrogens is 463 g/mol. The normalized spacial score (nSPS) is 22.2. The summed E-state index contributed by atoms with van der Waals surface area (Å²) in [6, 6.07) is 12.6. The summed E-state index contributed by atoms with van der Waals surface area (Å²) in [7, 11) is 2.80.